The van der Waals surface area contributed by atoms with Gasteiger partial charge in [0.1, 0.15) is 5.82 Å². The minimum absolute atomic E-state index is 0.149. The minimum Gasteiger partial charge on any atom is -0.466 e. The minimum atomic E-state index is -0.260. The van der Waals surface area contributed by atoms with E-state index in [1.807, 2.05) is 51.2 Å². The maximum absolute atomic E-state index is 12.6. The summed E-state index contributed by atoms with van der Waals surface area (Å²) in [6.07, 6.45) is 4.44. The number of hydrogen-bond donors (Lipinski definition) is 1. The summed E-state index contributed by atoms with van der Waals surface area (Å²) in [6.45, 7) is 4.71. The van der Waals surface area contributed by atoms with Gasteiger partial charge < -0.3 is 14.6 Å². The summed E-state index contributed by atoms with van der Waals surface area (Å²) in [4.78, 5) is 17.2. The number of benzene rings is 1. The van der Waals surface area contributed by atoms with Crippen LogP contribution in [0.1, 0.15) is 36.3 Å². The van der Waals surface area contributed by atoms with Gasteiger partial charge in [0.15, 0.2) is 18.1 Å². The van der Waals surface area contributed by atoms with Gasteiger partial charge in [0.05, 0.1) is 5.39 Å². The van der Waals surface area contributed by atoms with Crippen LogP contribution in [0.5, 0.6) is 5.88 Å². The van der Waals surface area contributed by atoms with Crippen LogP contribution in [0.4, 0.5) is 5.69 Å². The molecule has 5 rings (SSSR count). The van der Waals surface area contributed by atoms with E-state index in [0.717, 1.165) is 65.3 Å². The van der Waals surface area contributed by atoms with Crippen LogP contribution in [-0.2, 0) is 24.8 Å². The topological polar surface area (TPSA) is 99.7 Å². The van der Waals surface area contributed by atoms with Gasteiger partial charge in [0, 0.05) is 37.0 Å². The van der Waals surface area contributed by atoms with Gasteiger partial charge in [0.25, 0.3) is 5.91 Å². The highest BCUT2D eigenvalue weighted by Gasteiger charge is 2.18. The quantitative estimate of drug-likeness (QED) is 0.504. The van der Waals surface area contributed by atoms with Crippen molar-refractivity contribution in [1.82, 2.24) is 29.5 Å². The summed E-state index contributed by atoms with van der Waals surface area (Å²) in [5.74, 6) is 2.03. The Morgan fingerprint density at radius 2 is 2.03 bits per heavy atom. The van der Waals surface area contributed by atoms with E-state index in [1.165, 1.54) is 6.42 Å². The molecule has 0 radical (unpaired) electrons. The number of carbonyl (C=O) groups is 1. The molecule has 0 bridgehead atoms. The molecule has 0 spiro atoms. The second kappa shape index (κ2) is 8.65. The summed E-state index contributed by atoms with van der Waals surface area (Å²) < 4.78 is 9.65. The molecule has 0 aliphatic carbocycles. The maximum Gasteiger partial charge on any atom is 0.262 e. The molecule has 33 heavy (non-hydrogen) atoms. The molecule has 3 aromatic heterocycles. The van der Waals surface area contributed by atoms with E-state index >= 15 is 0 Å². The molecule has 0 fully saturated rings. The van der Waals surface area contributed by atoms with E-state index < -0.39 is 0 Å². The molecule has 1 aliphatic rings. The molecule has 0 saturated carbocycles. The molecule has 1 amide bonds. The lowest BCUT2D eigenvalue weighted by Gasteiger charge is -2.10. The number of nitrogens with one attached hydrogen (secondary N) is 1. The Hall–Kier alpha value is -3.75. The van der Waals surface area contributed by atoms with Crippen molar-refractivity contribution in [2.75, 3.05) is 11.9 Å². The zero-order valence-corrected chi connectivity index (χ0v) is 19.1. The third kappa shape index (κ3) is 4.18. The highest BCUT2D eigenvalue weighted by molar-refractivity contribution is 5.93. The number of amides is 1. The fourth-order valence-corrected chi connectivity index (χ4v) is 4.42. The van der Waals surface area contributed by atoms with Crippen LogP contribution < -0.4 is 10.1 Å². The van der Waals surface area contributed by atoms with Crippen molar-refractivity contribution < 1.29 is 9.53 Å². The highest BCUT2D eigenvalue weighted by atomic mass is 16.5. The Bertz CT molecular complexity index is 1340. The molecule has 9 heteroatoms. The number of carbonyl (C=O) groups excluding carboxylic acids is 1. The van der Waals surface area contributed by atoms with Crippen molar-refractivity contribution in [2.45, 2.75) is 46.1 Å². The monoisotopic (exact) mass is 445 g/mol. The zero-order chi connectivity index (χ0) is 22.9. The van der Waals surface area contributed by atoms with E-state index in [0.29, 0.717) is 11.6 Å². The Balaban J connectivity index is 1.30. The van der Waals surface area contributed by atoms with Gasteiger partial charge in [-0.15, -0.1) is 15.3 Å². The smallest absolute Gasteiger partial charge is 0.262 e. The first-order chi connectivity index (χ1) is 16.0. The average molecular weight is 446 g/mol. The largest absolute Gasteiger partial charge is 0.466 e. The van der Waals surface area contributed by atoms with Crippen molar-refractivity contribution >= 4 is 22.6 Å². The third-order valence-electron chi connectivity index (χ3n) is 5.94. The van der Waals surface area contributed by atoms with Gasteiger partial charge >= 0.3 is 0 Å². The van der Waals surface area contributed by atoms with Crippen LogP contribution in [0.2, 0.25) is 0 Å². The summed E-state index contributed by atoms with van der Waals surface area (Å²) in [7, 11) is 1.82. The van der Waals surface area contributed by atoms with E-state index in [2.05, 4.69) is 30.2 Å². The van der Waals surface area contributed by atoms with Gasteiger partial charge in [-0.3, -0.25) is 4.79 Å². The van der Waals surface area contributed by atoms with Crippen molar-refractivity contribution in [3.63, 3.8) is 0 Å². The molecular formula is C24H27N7O2. The van der Waals surface area contributed by atoms with Gasteiger partial charge in [0.2, 0.25) is 5.88 Å². The van der Waals surface area contributed by atoms with Gasteiger partial charge in [-0.2, -0.15) is 0 Å². The first-order valence-electron chi connectivity index (χ1n) is 11.3. The van der Waals surface area contributed by atoms with E-state index in [-0.39, 0.29) is 12.5 Å². The normalized spacial score (nSPS) is 13.5. The number of aryl methyl sites for hydroxylation is 4. The number of pyridine rings is 1. The van der Waals surface area contributed by atoms with Crippen LogP contribution in [0.25, 0.3) is 22.4 Å². The molecule has 4 heterocycles. The number of ether oxygens (including phenoxy) is 1. The van der Waals surface area contributed by atoms with Crippen LogP contribution in [0.15, 0.2) is 30.3 Å². The second-order valence-electron chi connectivity index (χ2n) is 8.53. The summed E-state index contributed by atoms with van der Waals surface area (Å²) in [6, 6.07) is 9.66. The van der Waals surface area contributed by atoms with E-state index in [1.54, 1.807) is 4.68 Å². The van der Waals surface area contributed by atoms with Gasteiger partial charge in [-0.05, 0) is 50.5 Å². The predicted molar refractivity (Wildman–Crippen MR) is 125 cm³/mol. The number of aromatic nitrogens is 6. The Morgan fingerprint density at radius 3 is 2.91 bits per heavy atom. The standard InChI is InChI=1S/C24H27N7O2/c1-15-12-16(2)25-23-21(15)24(29-30(23)3)33-14-20(32)26-18-9-7-8-17(13-18)22-28-27-19-10-5-4-6-11-31(19)22/h7-9,12-13H,4-6,10-11,14H2,1-3H3,(H,26,32). The lowest BCUT2D eigenvalue weighted by molar-refractivity contribution is -0.118. The number of nitrogens with zero attached hydrogens (tertiary/aromatic N) is 6. The Morgan fingerprint density at radius 1 is 1.15 bits per heavy atom. The summed E-state index contributed by atoms with van der Waals surface area (Å²) >= 11 is 0. The molecular weight excluding hydrogens is 418 g/mol. The second-order valence-corrected chi connectivity index (χ2v) is 8.53. The van der Waals surface area contributed by atoms with Gasteiger partial charge in [-0.25, -0.2) is 9.67 Å². The number of anilines is 1. The Kier molecular flexibility index (Phi) is 5.53. The maximum atomic E-state index is 12.6. The molecule has 1 aliphatic heterocycles. The van der Waals surface area contributed by atoms with Crippen molar-refractivity contribution in [3.8, 4) is 17.3 Å². The molecule has 0 unspecified atom stereocenters. The number of fused-ring (bicyclic) bond motifs is 2. The highest BCUT2D eigenvalue weighted by Crippen LogP contribution is 2.27. The number of hydrogen-bond acceptors (Lipinski definition) is 6. The van der Waals surface area contributed by atoms with E-state index in [4.69, 9.17) is 4.74 Å². The first-order valence-corrected chi connectivity index (χ1v) is 11.3. The van der Waals surface area contributed by atoms with E-state index in [9.17, 15) is 4.79 Å². The average Bonchev–Trinajstić information content (AvgIpc) is 3.24. The van der Waals surface area contributed by atoms with Crippen molar-refractivity contribution in [2.24, 2.45) is 7.05 Å². The summed E-state index contributed by atoms with van der Waals surface area (Å²) in [5.41, 5.74) is 4.29. The first kappa shape index (κ1) is 21.1. The lowest BCUT2D eigenvalue weighted by Crippen LogP contribution is -2.20. The number of rotatable bonds is 5. The molecule has 170 valence electrons. The fraction of sp³-hybridized carbons (Fsp3) is 0.375. The lowest BCUT2D eigenvalue weighted by atomic mass is 10.2. The predicted octanol–water partition coefficient (Wildman–Crippen LogP) is 3.59. The van der Waals surface area contributed by atoms with Crippen molar-refractivity contribution in [1.29, 1.82) is 0 Å². The molecule has 9 nitrogen and oxygen atoms in total. The van der Waals surface area contributed by atoms with Crippen LogP contribution in [0, 0.1) is 13.8 Å². The van der Waals surface area contributed by atoms with Crippen molar-refractivity contribution in [3.05, 3.63) is 47.4 Å². The SMILES string of the molecule is Cc1cc(C)c2c(OCC(=O)Nc3cccc(-c4nnc5n4CCCCC5)c3)nn(C)c2n1. The third-order valence-corrected chi connectivity index (χ3v) is 5.94. The molecule has 4 aromatic rings. The fourth-order valence-electron chi connectivity index (χ4n) is 4.42. The van der Waals surface area contributed by atoms with Crippen LogP contribution in [0.3, 0.4) is 0 Å². The van der Waals surface area contributed by atoms with Crippen LogP contribution in [-0.4, -0.2) is 42.0 Å². The molecule has 1 aromatic carbocycles. The molecule has 1 N–H and O–H groups in total. The zero-order valence-electron chi connectivity index (χ0n) is 19.1. The Labute approximate surface area is 191 Å². The summed E-state index contributed by atoms with van der Waals surface area (Å²) in [5, 5.41) is 16.9. The molecule has 0 saturated heterocycles. The van der Waals surface area contributed by atoms with Gasteiger partial charge in [-0.1, -0.05) is 18.6 Å². The van der Waals surface area contributed by atoms with Crippen LogP contribution >= 0.6 is 0 Å². The molecule has 0 atom stereocenters.